The van der Waals surface area contributed by atoms with E-state index in [-0.39, 0.29) is 10.6 Å². The number of para-hydroxylation sites is 1. The number of hydrogen-bond acceptors (Lipinski definition) is 5. The maximum absolute atomic E-state index is 13.6. The van der Waals surface area contributed by atoms with E-state index < -0.39 is 14.9 Å². The number of nitrogens with one attached hydrogen (secondary N) is 1. The molecule has 4 aromatic rings. The number of anilines is 1. The number of aromatic nitrogens is 1. The van der Waals surface area contributed by atoms with Crippen molar-refractivity contribution in [3.63, 3.8) is 0 Å². The van der Waals surface area contributed by atoms with Crippen molar-refractivity contribution < 1.29 is 13.3 Å². The van der Waals surface area contributed by atoms with Crippen molar-refractivity contribution >= 4 is 38.4 Å². The predicted octanol–water partition coefficient (Wildman–Crippen LogP) is 5.43. The summed E-state index contributed by atoms with van der Waals surface area (Å²) in [6.07, 6.45) is 3.59. The summed E-state index contributed by atoms with van der Waals surface area (Å²) in [5.74, 6) is 0. The van der Waals surface area contributed by atoms with Gasteiger partial charge < -0.3 is 5.32 Å². The summed E-state index contributed by atoms with van der Waals surface area (Å²) in [6, 6.07) is 21.8. The molecule has 0 amide bonds. The number of benzene rings is 3. The monoisotopic (exact) mass is 447 g/mol. The van der Waals surface area contributed by atoms with Gasteiger partial charge in [-0.15, -0.1) is 0 Å². The number of hydrogen-bond donors (Lipinski definition) is 1. The molecular weight excluding hydrogens is 426 g/mol. The van der Waals surface area contributed by atoms with Crippen LogP contribution in [0.1, 0.15) is 18.2 Å². The third-order valence-electron chi connectivity index (χ3n) is 5.13. The van der Waals surface area contributed by atoms with Crippen LogP contribution in [0.4, 0.5) is 11.4 Å². The van der Waals surface area contributed by atoms with E-state index in [9.17, 15) is 18.5 Å². The summed E-state index contributed by atoms with van der Waals surface area (Å²) < 4.78 is 28.5. The first-order chi connectivity index (χ1) is 15.4. The molecule has 0 radical (unpaired) electrons. The zero-order valence-electron chi connectivity index (χ0n) is 17.3. The molecule has 0 atom stereocenters. The lowest BCUT2D eigenvalue weighted by atomic mass is 10.1. The second-order valence-corrected chi connectivity index (χ2v) is 8.91. The fraction of sp³-hybridized carbons (Fsp3) is 0.0833. The van der Waals surface area contributed by atoms with E-state index in [2.05, 4.69) is 5.32 Å². The van der Waals surface area contributed by atoms with Crippen LogP contribution in [0, 0.1) is 10.1 Å². The lowest BCUT2D eigenvalue weighted by Crippen LogP contribution is -2.15. The third kappa shape index (κ3) is 3.88. The Morgan fingerprint density at radius 2 is 1.62 bits per heavy atom. The van der Waals surface area contributed by atoms with Gasteiger partial charge in [-0.25, -0.2) is 12.4 Å². The molecule has 32 heavy (non-hydrogen) atoms. The summed E-state index contributed by atoms with van der Waals surface area (Å²) in [4.78, 5) is 10.6. The van der Waals surface area contributed by atoms with Crippen molar-refractivity contribution in [2.24, 2.45) is 0 Å². The van der Waals surface area contributed by atoms with Gasteiger partial charge in [-0.3, -0.25) is 10.1 Å². The van der Waals surface area contributed by atoms with Crippen LogP contribution in [0.5, 0.6) is 0 Å². The maximum Gasteiger partial charge on any atom is 0.269 e. The largest absolute Gasteiger partial charge is 0.381 e. The highest BCUT2D eigenvalue weighted by Gasteiger charge is 2.25. The molecule has 0 fully saturated rings. The minimum atomic E-state index is -3.83. The van der Waals surface area contributed by atoms with Crippen molar-refractivity contribution in [1.29, 1.82) is 0 Å². The lowest BCUT2D eigenvalue weighted by Gasteiger charge is -2.11. The molecule has 1 heterocycles. The third-order valence-corrected chi connectivity index (χ3v) is 6.87. The van der Waals surface area contributed by atoms with Crippen LogP contribution in [0.15, 0.2) is 89.8 Å². The molecule has 7 nitrogen and oxygen atoms in total. The number of fused-ring (bicyclic) bond motifs is 1. The molecule has 0 aliphatic rings. The van der Waals surface area contributed by atoms with Gasteiger partial charge in [0.15, 0.2) is 0 Å². The minimum Gasteiger partial charge on any atom is -0.381 e. The van der Waals surface area contributed by atoms with Gasteiger partial charge in [0, 0.05) is 35.3 Å². The molecule has 3 aromatic carbocycles. The molecular formula is C24H21N3O4S. The van der Waals surface area contributed by atoms with Crippen molar-refractivity contribution in [3.05, 3.63) is 106 Å². The van der Waals surface area contributed by atoms with Crippen molar-refractivity contribution in [1.82, 2.24) is 3.97 Å². The highest BCUT2D eigenvalue weighted by Crippen LogP contribution is 2.32. The second-order valence-electron chi connectivity index (χ2n) is 7.12. The van der Waals surface area contributed by atoms with E-state index in [4.69, 9.17) is 0 Å². The van der Waals surface area contributed by atoms with Gasteiger partial charge >= 0.3 is 0 Å². The van der Waals surface area contributed by atoms with Gasteiger partial charge in [0.2, 0.25) is 0 Å². The average Bonchev–Trinajstić information content (AvgIpc) is 3.12. The Bertz CT molecular complexity index is 1410. The number of nitro groups is 1. The molecule has 0 bridgehead atoms. The van der Waals surface area contributed by atoms with Crippen LogP contribution < -0.4 is 5.32 Å². The van der Waals surface area contributed by atoms with E-state index in [1.807, 2.05) is 25.1 Å². The van der Waals surface area contributed by atoms with E-state index in [0.29, 0.717) is 23.4 Å². The number of nitro benzene ring substituents is 1. The van der Waals surface area contributed by atoms with Gasteiger partial charge in [0.25, 0.3) is 15.7 Å². The maximum atomic E-state index is 13.6. The van der Waals surface area contributed by atoms with Crippen LogP contribution in [-0.4, -0.2) is 17.3 Å². The Balaban J connectivity index is 1.83. The molecule has 0 aliphatic carbocycles. The molecule has 0 spiro atoms. The Morgan fingerprint density at radius 3 is 2.28 bits per heavy atom. The van der Waals surface area contributed by atoms with E-state index in [1.54, 1.807) is 60.7 Å². The number of rotatable bonds is 7. The summed E-state index contributed by atoms with van der Waals surface area (Å²) in [5, 5.41) is 15.0. The van der Waals surface area contributed by atoms with E-state index in [1.165, 1.54) is 16.1 Å². The van der Waals surface area contributed by atoms with Gasteiger partial charge in [0.05, 0.1) is 21.0 Å². The van der Waals surface area contributed by atoms with E-state index >= 15 is 0 Å². The molecule has 0 unspecified atom stereocenters. The first kappa shape index (κ1) is 21.3. The van der Waals surface area contributed by atoms with Crippen LogP contribution in [0.25, 0.3) is 17.0 Å². The Kier molecular flexibility index (Phi) is 5.79. The topological polar surface area (TPSA) is 94.2 Å². The zero-order valence-corrected chi connectivity index (χ0v) is 18.1. The molecule has 0 aliphatic heterocycles. The quantitative estimate of drug-likeness (QED) is 0.301. The fourth-order valence-corrected chi connectivity index (χ4v) is 5.22. The molecule has 162 valence electrons. The smallest absolute Gasteiger partial charge is 0.269 e. The lowest BCUT2D eigenvalue weighted by molar-refractivity contribution is -0.384. The minimum absolute atomic E-state index is 0.00992. The van der Waals surface area contributed by atoms with E-state index in [0.717, 1.165) is 10.9 Å². The Hall–Kier alpha value is -3.91. The summed E-state index contributed by atoms with van der Waals surface area (Å²) in [7, 11) is -3.83. The van der Waals surface area contributed by atoms with Crippen LogP contribution in [-0.2, 0) is 16.6 Å². The summed E-state index contributed by atoms with van der Waals surface area (Å²) >= 11 is 0. The molecule has 1 aromatic heterocycles. The second kappa shape index (κ2) is 8.68. The summed E-state index contributed by atoms with van der Waals surface area (Å²) in [5.41, 5.74) is 2.67. The molecule has 0 saturated heterocycles. The standard InChI is InChI=1S/C24H21N3O4S/c1-2-8-23-22(17-25-18-13-15-19(16-14-18)27(28)29)21-11-6-7-12-24(21)26(23)32(30,31)20-9-4-3-5-10-20/h2-16,25H,17H2,1H3/b8-2+. The van der Waals surface area contributed by atoms with Crippen LogP contribution in [0.2, 0.25) is 0 Å². The van der Waals surface area contributed by atoms with Gasteiger partial charge in [-0.05, 0) is 43.3 Å². The molecule has 4 rings (SSSR count). The fourth-order valence-electron chi connectivity index (χ4n) is 3.66. The van der Waals surface area contributed by atoms with Crippen molar-refractivity contribution in [3.8, 4) is 0 Å². The van der Waals surface area contributed by atoms with Crippen molar-refractivity contribution in [2.45, 2.75) is 18.4 Å². The molecule has 8 heteroatoms. The highest BCUT2D eigenvalue weighted by molar-refractivity contribution is 7.90. The number of non-ortho nitro benzene ring substituents is 1. The Morgan fingerprint density at radius 1 is 0.969 bits per heavy atom. The number of nitrogens with zero attached hydrogens (tertiary/aromatic N) is 2. The molecule has 0 saturated carbocycles. The van der Waals surface area contributed by atoms with Gasteiger partial charge in [0.1, 0.15) is 0 Å². The van der Waals surface area contributed by atoms with Crippen LogP contribution in [0.3, 0.4) is 0 Å². The first-order valence-corrected chi connectivity index (χ1v) is 11.4. The van der Waals surface area contributed by atoms with Gasteiger partial charge in [-0.1, -0.05) is 42.5 Å². The predicted molar refractivity (Wildman–Crippen MR) is 126 cm³/mol. The molecule has 1 N–H and O–H groups in total. The number of allylic oxidation sites excluding steroid dienone is 1. The zero-order chi connectivity index (χ0) is 22.7. The summed E-state index contributed by atoms with van der Waals surface area (Å²) in [6.45, 7) is 2.18. The van der Waals surface area contributed by atoms with Gasteiger partial charge in [-0.2, -0.15) is 0 Å². The highest BCUT2D eigenvalue weighted by atomic mass is 32.2. The Labute approximate surface area is 185 Å². The SMILES string of the molecule is C/C=C/c1c(CNc2ccc([N+](=O)[O-])cc2)c2ccccc2n1S(=O)(=O)c1ccccc1. The van der Waals surface area contributed by atoms with Crippen LogP contribution >= 0.6 is 0 Å². The normalized spacial score (nSPS) is 11.8. The average molecular weight is 448 g/mol. The van der Waals surface area contributed by atoms with Crippen molar-refractivity contribution in [2.75, 3.05) is 5.32 Å². The first-order valence-electron chi connectivity index (χ1n) is 9.97.